The van der Waals surface area contributed by atoms with E-state index < -0.39 is 11.1 Å². The molecule has 1 fully saturated rings. The van der Waals surface area contributed by atoms with Gasteiger partial charge in [0.05, 0.1) is 6.54 Å². The van der Waals surface area contributed by atoms with Gasteiger partial charge in [-0.05, 0) is 40.2 Å². The van der Waals surface area contributed by atoms with Crippen molar-refractivity contribution in [2.24, 2.45) is 15.6 Å². The predicted molar refractivity (Wildman–Crippen MR) is 97.4 cm³/mol. The third kappa shape index (κ3) is 2.78. The molecule has 1 aromatic carbocycles. The molecule has 0 saturated carbocycles. The molecule has 1 aromatic rings. The highest BCUT2D eigenvalue weighted by Gasteiger charge is 2.69. The Labute approximate surface area is 150 Å². The maximum absolute atomic E-state index is 13.2. The topological polar surface area (TPSA) is 54.3 Å². The molecule has 25 heavy (non-hydrogen) atoms. The Hall–Kier alpha value is -1.75. The van der Waals surface area contributed by atoms with Crippen molar-refractivity contribution < 1.29 is 9.53 Å². The first kappa shape index (κ1) is 18.1. The van der Waals surface area contributed by atoms with Crippen LogP contribution in [0.5, 0.6) is 0 Å². The largest absolute Gasteiger partial charge is 0.458 e. The van der Waals surface area contributed by atoms with Crippen LogP contribution in [-0.4, -0.2) is 41.1 Å². The Morgan fingerprint density at radius 3 is 2.56 bits per heavy atom. The summed E-state index contributed by atoms with van der Waals surface area (Å²) in [7, 11) is 0. The number of hydrogen-bond acceptors (Lipinski definition) is 5. The number of carbonyl (C=O) groups excluding carboxylic acids is 1. The fraction of sp³-hybridized carbons (Fsp3) is 0.650. The third-order valence-corrected chi connectivity index (χ3v) is 5.69. The second-order valence-corrected chi connectivity index (χ2v) is 8.66. The lowest BCUT2D eigenvalue weighted by molar-refractivity contribution is -0.165. The number of likely N-dealkylation sites (tertiary alicyclic amines) is 1. The summed E-state index contributed by atoms with van der Waals surface area (Å²) in [4.78, 5) is 15.6. The van der Waals surface area contributed by atoms with Crippen LogP contribution in [0.2, 0.25) is 0 Å². The minimum absolute atomic E-state index is 0.0752. The number of benzene rings is 1. The predicted octanol–water partition coefficient (Wildman–Crippen LogP) is 4.00. The van der Waals surface area contributed by atoms with Crippen molar-refractivity contribution in [1.29, 1.82) is 0 Å². The van der Waals surface area contributed by atoms with Crippen LogP contribution in [0, 0.1) is 5.41 Å². The van der Waals surface area contributed by atoms with Crippen LogP contribution < -0.4 is 0 Å². The van der Waals surface area contributed by atoms with Crippen LogP contribution in [0.25, 0.3) is 0 Å². The zero-order chi connectivity index (χ0) is 18.5. The van der Waals surface area contributed by atoms with Crippen molar-refractivity contribution in [3.8, 4) is 0 Å². The van der Waals surface area contributed by atoms with Crippen LogP contribution in [-0.2, 0) is 9.53 Å². The molecule has 2 heterocycles. The fourth-order valence-corrected chi connectivity index (χ4v) is 4.29. The molecule has 0 spiro atoms. The van der Waals surface area contributed by atoms with E-state index in [1.54, 1.807) is 0 Å². The molecule has 4 atom stereocenters. The summed E-state index contributed by atoms with van der Waals surface area (Å²) in [5.74, 6) is -0.251. The molecule has 5 heteroatoms. The summed E-state index contributed by atoms with van der Waals surface area (Å²) >= 11 is 0. The van der Waals surface area contributed by atoms with Crippen molar-refractivity contribution >= 4 is 5.97 Å². The minimum Gasteiger partial charge on any atom is -0.458 e. The van der Waals surface area contributed by atoms with Crippen molar-refractivity contribution in [3.05, 3.63) is 35.9 Å². The van der Waals surface area contributed by atoms with E-state index in [-0.39, 0.29) is 23.5 Å². The first-order valence-corrected chi connectivity index (χ1v) is 9.03. The summed E-state index contributed by atoms with van der Waals surface area (Å²) in [5.41, 5.74) is -0.557. The van der Waals surface area contributed by atoms with E-state index in [1.807, 2.05) is 26.8 Å². The lowest BCUT2D eigenvalue weighted by atomic mass is 9.72. The summed E-state index contributed by atoms with van der Waals surface area (Å²) in [5, 5.41) is 8.78. The standard InChI is InChI=1S/C20H29N3O2/c1-14(16-10-8-7-9-11-16)23-13-19(6)12-21-22-20(19,15(23)2)17(24)25-18(3,4)5/h7-11,14-15H,12-13H2,1-6H3/t14-,15-,19-,20-/m1/s1. The molecule has 5 nitrogen and oxygen atoms in total. The fourth-order valence-electron chi connectivity index (χ4n) is 4.29. The van der Waals surface area contributed by atoms with E-state index in [0.29, 0.717) is 6.54 Å². The monoisotopic (exact) mass is 343 g/mol. The molecular weight excluding hydrogens is 314 g/mol. The molecule has 1 saturated heterocycles. The van der Waals surface area contributed by atoms with E-state index in [1.165, 1.54) is 5.56 Å². The highest BCUT2D eigenvalue weighted by Crippen LogP contribution is 2.53. The van der Waals surface area contributed by atoms with E-state index in [2.05, 4.69) is 60.2 Å². The molecule has 0 amide bonds. The van der Waals surface area contributed by atoms with E-state index in [0.717, 1.165) is 6.54 Å². The van der Waals surface area contributed by atoms with E-state index in [4.69, 9.17) is 4.74 Å². The number of esters is 1. The van der Waals surface area contributed by atoms with E-state index in [9.17, 15) is 4.79 Å². The molecule has 3 rings (SSSR count). The molecule has 0 radical (unpaired) electrons. The Morgan fingerprint density at radius 1 is 1.32 bits per heavy atom. The average Bonchev–Trinajstić information content (AvgIpc) is 2.98. The SMILES string of the molecule is C[C@H](c1ccccc1)N1C[C@@]2(C)CN=N[C@@]2(C(=O)OC(C)(C)C)[C@H]1C. The van der Waals surface area contributed by atoms with Crippen LogP contribution in [0.15, 0.2) is 40.6 Å². The van der Waals surface area contributed by atoms with E-state index >= 15 is 0 Å². The minimum atomic E-state index is -0.927. The summed E-state index contributed by atoms with van der Waals surface area (Å²) in [6.45, 7) is 13.4. The second-order valence-electron chi connectivity index (χ2n) is 8.66. The van der Waals surface area contributed by atoms with Crippen molar-refractivity contribution in [2.45, 2.75) is 64.8 Å². The van der Waals surface area contributed by atoms with Gasteiger partial charge in [0.2, 0.25) is 5.54 Å². The molecular formula is C20H29N3O2. The molecule has 136 valence electrons. The van der Waals surface area contributed by atoms with Gasteiger partial charge in [0, 0.05) is 24.0 Å². The van der Waals surface area contributed by atoms with Crippen LogP contribution in [0.1, 0.15) is 53.1 Å². The first-order chi connectivity index (χ1) is 11.6. The van der Waals surface area contributed by atoms with Crippen LogP contribution in [0.4, 0.5) is 0 Å². The Balaban J connectivity index is 1.95. The van der Waals surface area contributed by atoms with Gasteiger partial charge in [0.1, 0.15) is 5.60 Å². The van der Waals surface area contributed by atoms with Crippen molar-refractivity contribution in [2.75, 3.05) is 13.1 Å². The highest BCUT2D eigenvalue weighted by atomic mass is 16.6. The Kier molecular flexibility index (Phi) is 4.26. The quantitative estimate of drug-likeness (QED) is 0.779. The van der Waals surface area contributed by atoms with Gasteiger partial charge in [0.25, 0.3) is 0 Å². The molecule has 0 unspecified atom stereocenters. The van der Waals surface area contributed by atoms with Gasteiger partial charge in [-0.3, -0.25) is 4.90 Å². The molecule has 0 aliphatic carbocycles. The lowest BCUT2D eigenvalue weighted by Gasteiger charge is -2.36. The Morgan fingerprint density at radius 2 is 1.96 bits per heavy atom. The van der Waals surface area contributed by atoms with Crippen LogP contribution in [0.3, 0.4) is 0 Å². The number of rotatable bonds is 3. The number of hydrogen-bond donors (Lipinski definition) is 0. The first-order valence-electron chi connectivity index (χ1n) is 9.03. The lowest BCUT2D eigenvalue weighted by Crippen LogP contribution is -2.55. The van der Waals surface area contributed by atoms with Crippen LogP contribution >= 0.6 is 0 Å². The summed E-state index contributed by atoms with van der Waals surface area (Å²) in [6, 6.07) is 10.5. The van der Waals surface area contributed by atoms with Gasteiger partial charge in [-0.25, -0.2) is 4.79 Å². The number of azo groups is 1. The number of fused-ring (bicyclic) bond motifs is 1. The van der Waals surface area contributed by atoms with Gasteiger partial charge in [-0.15, -0.1) is 0 Å². The van der Waals surface area contributed by atoms with Gasteiger partial charge in [0.15, 0.2) is 0 Å². The smallest absolute Gasteiger partial charge is 0.338 e. The van der Waals surface area contributed by atoms with Gasteiger partial charge >= 0.3 is 5.97 Å². The maximum atomic E-state index is 13.2. The highest BCUT2D eigenvalue weighted by molar-refractivity contribution is 5.85. The van der Waals surface area contributed by atoms with Gasteiger partial charge in [-0.1, -0.05) is 37.3 Å². The summed E-state index contributed by atoms with van der Waals surface area (Å²) in [6.07, 6.45) is 0. The number of ether oxygens (including phenoxy) is 1. The molecule has 0 aromatic heterocycles. The normalized spacial score (nSPS) is 33.3. The zero-order valence-corrected chi connectivity index (χ0v) is 16.1. The Bertz CT molecular complexity index is 682. The van der Waals surface area contributed by atoms with Gasteiger partial charge < -0.3 is 4.74 Å². The van der Waals surface area contributed by atoms with Crippen molar-refractivity contribution in [3.63, 3.8) is 0 Å². The molecule has 0 bridgehead atoms. The summed E-state index contributed by atoms with van der Waals surface area (Å²) < 4.78 is 5.78. The van der Waals surface area contributed by atoms with Gasteiger partial charge in [-0.2, -0.15) is 10.2 Å². The molecule has 2 aliphatic rings. The number of carbonyl (C=O) groups is 1. The molecule has 2 aliphatic heterocycles. The molecule has 0 N–H and O–H groups in total. The number of nitrogens with zero attached hydrogens (tertiary/aromatic N) is 3. The zero-order valence-electron chi connectivity index (χ0n) is 16.1. The van der Waals surface area contributed by atoms with Crippen molar-refractivity contribution in [1.82, 2.24) is 4.90 Å². The average molecular weight is 343 g/mol. The third-order valence-electron chi connectivity index (χ3n) is 5.69. The second kappa shape index (κ2) is 5.90. The maximum Gasteiger partial charge on any atom is 0.338 e.